The smallest absolute Gasteiger partial charge is 0.253 e. The average molecular weight is 356 g/mol. The quantitative estimate of drug-likeness (QED) is 0.772. The lowest BCUT2D eigenvalue weighted by Gasteiger charge is -2.34. The number of aliphatic imine (C=N–C) groups is 2. The number of carbonyl (C=O) groups excluding carboxylic acids is 1. The van der Waals surface area contributed by atoms with E-state index in [9.17, 15) is 4.79 Å². The molecule has 1 aromatic carbocycles. The topological polar surface area (TPSA) is 95.1 Å². The van der Waals surface area contributed by atoms with Gasteiger partial charge in [0, 0.05) is 24.3 Å². The molecule has 7 heteroatoms. The van der Waals surface area contributed by atoms with Crippen molar-refractivity contribution >= 4 is 23.5 Å². The van der Waals surface area contributed by atoms with Crippen LogP contribution in [-0.2, 0) is 0 Å². The van der Waals surface area contributed by atoms with E-state index < -0.39 is 5.66 Å². The van der Waals surface area contributed by atoms with Gasteiger partial charge < -0.3 is 16.0 Å². The van der Waals surface area contributed by atoms with Gasteiger partial charge in [0.15, 0.2) is 11.6 Å². The molecule has 3 rings (SSSR count). The summed E-state index contributed by atoms with van der Waals surface area (Å²) >= 11 is 0. The van der Waals surface area contributed by atoms with Crippen LogP contribution in [0.1, 0.15) is 56.3 Å². The van der Waals surface area contributed by atoms with Gasteiger partial charge in [0.05, 0.1) is 0 Å². The molecule has 1 aromatic rings. The van der Waals surface area contributed by atoms with Crippen LogP contribution in [0.2, 0.25) is 0 Å². The Bertz CT molecular complexity index is 716. The number of nitrogens with zero attached hydrogens (tertiary/aromatic N) is 3. The number of anilines is 1. The Hall–Kier alpha value is -2.57. The van der Waals surface area contributed by atoms with Gasteiger partial charge in [-0.3, -0.25) is 10.1 Å². The summed E-state index contributed by atoms with van der Waals surface area (Å²) < 4.78 is 0. The second-order valence-electron chi connectivity index (χ2n) is 6.81. The van der Waals surface area contributed by atoms with Gasteiger partial charge in [0.1, 0.15) is 0 Å². The Morgan fingerprint density at radius 3 is 2.65 bits per heavy atom. The van der Waals surface area contributed by atoms with Gasteiger partial charge in [-0.2, -0.15) is 0 Å². The molecule has 2 aliphatic rings. The Morgan fingerprint density at radius 1 is 1.23 bits per heavy atom. The van der Waals surface area contributed by atoms with E-state index in [-0.39, 0.29) is 5.91 Å². The van der Waals surface area contributed by atoms with Gasteiger partial charge in [-0.15, -0.1) is 0 Å². The molecule has 0 radical (unpaired) electrons. The average Bonchev–Trinajstić information content (AvgIpc) is 2.62. The van der Waals surface area contributed by atoms with E-state index in [4.69, 9.17) is 10.7 Å². The largest absolute Gasteiger partial charge is 0.370 e. The van der Waals surface area contributed by atoms with Crippen LogP contribution < -0.4 is 16.4 Å². The molecule has 1 spiro atoms. The minimum atomic E-state index is -0.440. The number of carbonyl (C=O) groups is 1. The van der Waals surface area contributed by atoms with Crippen molar-refractivity contribution in [3.63, 3.8) is 0 Å². The second kappa shape index (κ2) is 7.76. The molecule has 0 bridgehead atoms. The first-order chi connectivity index (χ1) is 12.5. The number of nitrogens with one attached hydrogen (secondary N) is 2. The molecule has 1 aliphatic carbocycles. The number of rotatable bonds is 4. The van der Waals surface area contributed by atoms with Gasteiger partial charge in [-0.25, -0.2) is 9.98 Å². The molecule has 4 N–H and O–H groups in total. The molecule has 0 aromatic heterocycles. The van der Waals surface area contributed by atoms with E-state index in [2.05, 4.69) is 15.6 Å². The summed E-state index contributed by atoms with van der Waals surface area (Å²) in [7, 11) is 0. The zero-order chi connectivity index (χ0) is 18.6. The number of amides is 1. The lowest BCUT2D eigenvalue weighted by atomic mass is 9.90. The predicted octanol–water partition coefficient (Wildman–Crippen LogP) is 2.51. The molecule has 1 amide bonds. The van der Waals surface area contributed by atoms with Crippen molar-refractivity contribution in [2.75, 3.05) is 18.4 Å². The molecular weight excluding hydrogens is 328 g/mol. The Labute approximate surface area is 154 Å². The summed E-state index contributed by atoms with van der Waals surface area (Å²) in [5.41, 5.74) is 7.01. The highest BCUT2D eigenvalue weighted by Crippen LogP contribution is 2.34. The van der Waals surface area contributed by atoms with E-state index in [1.54, 1.807) is 4.90 Å². The van der Waals surface area contributed by atoms with E-state index in [0.717, 1.165) is 31.4 Å². The number of nitrogens with two attached hydrogens (primary N) is 1. The SMILES string of the molecule is CCN(CC)C(=O)c1cccc(NC2=NC3(CCCCC3)N=C(N)N2)c1. The molecule has 0 saturated heterocycles. The van der Waals surface area contributed by atoms with Crippen LogP contribution in [0.3, 0.4) is 0 Å². The van der Waals surface area contributed by atoms with E-state index >= 15 is 0 Å². The molecule has 1 heterocycles. The first-order valence-electron chi connectivity index (χ1n) is 9.44. The zero-order valence-corrected chi connectivity index (χ0v) is 15.6. The fraction of sp³-hybridized carbons (Fsp3) is 0.526. The van der Waals surface area contributed by atoms with E-state index in [0.29, 0.717) is 30.6 Å². The van der Waals surface area contributed by atoms with Gasteiger partial charge in [-0.05, 0) is 57.7 Å². The lowest BCUT2D eigenvalue weighted by molar-refractivity contribution is 0.0773. The molecular formula is C19H28N6O. The molecule has 1 fully saturated rings. The van der Waals surface area contributed by atoms with Crippen molar-refractivity contribution in [2.24, 2.45) is 15.7 Å². The van der Waals surface area contributed by atoms with Crippen molar-refractivity contribution in [3.8, 4) is 0 Å². The maximum absolute atomic E-state index is 12.6. The third-order valence-corrected chi connectivity index (χ3v) is 4.97. The Balaban J connectivity index is 1.78. The number of benzene rings is 1. The minimum absolute atomic E-state index is 0.0296. The normalized spacial score (nSPS) is 18.5. The summed E-state index contributed by atoms with van der Waals surface area (Å²) in [5, 5.41) is 6.26. The summed E-state index contributed by atoms with van der Waals surface area (Å²) in [5.74, 6) is 1.01. The Morgan fingerprint density at radius 2 is 1.96 bits per heavy atom. The summed E-state index contributed by atoms with van der Waals surface area (Å²) in [4.78, 5) is 23.7. The number of hydrogen-bond donors (Lipinski definition) is 3. The van der Waals surface area contributed by atoms with Gasteiger partial charge in [0.25, 0.3) is 5.91 Å². The predicted molar refractivity (Wildman–Crippen MR) is 105 cm³/mol. The molecule has 1 aliphatic heterocycles. The molecule has 7 nitrogen and oxygen atoms in total. The third-order valence-electron chi connectivity index (χ3n) is 4.97. The summed E-state index contributed by atoms with van der Waals surface area (Å²) in [6.45, 7) is 5.35. The fourth-order valence-corrected chi connectivity index (χ4v) is 3.60. The van der Waals surface area contributed by atoms with Gasteiger partial charge in [0.2, 0.25) is 5.96 Å². The van der Waals surface area contributed by atoms with Gasteiger partial charge >= 0.3 is 0 Å². The van der Waals surface area contributed by atoms with Crippen molar-refractivity contribution in [1.82, 2.24) is 10.2 Å². The summed E-state index contributed by atoms with van der Waals surface area (Å²) in [6.07, 6.45) is 5.28. The molecule has 1 saturated carbocycles. The highest BCUT2D eigenvalue weighted by molar-refractivity contribution is 6.06. The van der Waals surface area contributed by atoms with E-state index in [1.807, 2.05) is 38.1 Å². The highest BCUT2D eigenvalue weighted by atomic mass is 16.2. The molecule has 26 heavy (non-hydrogen) atoms. The molecule has 140 valence electrons. The van der Waals surface area contributed by atoms with Crippen LogP contribution >= 0.6 is 0 Å². The zero-order valence-electron chi connectivity index (χ0n) is 15.6. The lowest BCUT2D eigenvalue weighted by Crippen LogP contribution is -2.49. The number of hydrogen-bond acceptors (Lipinski definition) is 6. The van der Waals surface area contributed by atoms with Crippen molar-refractivity contribution in [1.29, 1.82) is 0 Å². The van der Waals surface area contributed by atoms with Gasteiger partial charge in [-0.1, -0.05) is 12.5 Å². The highest BCUT2D eigenvalue weighted by Gasteiger charge is 2.34. The van der Waals surface area contributed by atoms with E-state index in [1.165, 1.54) is 6.42 Å². The molecule has 0 atom stereocenters. The fourth-order valence-electron chi connectivity index (χ4n) is 3.60. The number of guanidine groups is 2. The third kappa shape index (κ3) is 3.98. The standard InChI is InChI=1S/C19H28N6O/c1-3-25(4-2)16(26)14-9-8-10-15(13-14)21-18-22-17(20)23-19(24-18)11-6-5-7-12-19/h8-10,13H,3-7,11-12H2,1-2H3,(H4,20,21,22,23,24). The first-order valence-corrected chi connectivity index (χ1v) is 9.44. The maximum atomic E-state index is 12.6. The van der Waals surface area contributed by atoms with Crippen molar-refractivity contribution in [3.05, 3.63) is 29.8 Å². The summed E-state index contributed by atoms with van der Waals surface area (Å²) in [6, 6.07) is 7.47. The van der Waals surface area contributed by atoms with Crippen LogP contribution in [0.4, 0.5) is 5.69 Å². The maximum Gasteiger partial charge on any atom is 0.253 e. The second-order valence-corrected chi connectivity index (χ2v) is 6.81. The van der Waals surface area contributed by atoms with Crippen LogP contribution in [0.25, 0.3) is 0 Å². The Kier molecular flexibility index (Phi) is 5.44. The van der Waals surface area contributed by atoms with Crippen LogP contribution in [-0.4, -0.2) is 41.5 Å². The van der Waals surface area contributed by atoms with Crippen molar-refractivity contribution < 1.29 is 4.79 Å². The molecule has 0 unspecified atom stereocenters. The van der Waals surface area contributed by atoms with Crippen LogP contribution in [0, 0.1) is 0 Å². The van der Waals surface area contributed by atoms with Crippen LogP contribution in [0.5, 0.6) is 0 Å². The van der Waals surface area contributed by atoms with Crippen LogP contribution in [0.15, 0.2) is 34.3 Å². The monoisotopic (exact) mass is 356 g/mol. The minimum Gasteiger partial charge on any atom is -0.370 e. The van der Waals surface area contributed by atoms with Crippen molar-refractivity contribution in [2.45, 2.75) is 51.6 Å². The first kappa shape index (κ1) is 18.2.